The molecule has 2 nitrogen and oxygen atoms in total. The van der Waals surface area contributed by atoms with Crippen LogP contribution in [0.15, 0.2) is 30.3 Å². The van der Waals surface area contributed by atoms with Gasteiger partial charge in [-0.1, -0.05) is 6.07 Å². The Morgan fingerprint density at radius 1 is 1.05 bits per heavy atom. The summed E-state index contributed by atoms with van der Waals surface area (Å²) in [6.45, 7) is 8.25. The molecule has 2 aromatic rings. The third-order valence-corrected chi connectivity index (χ3v) is 4.04. The van der Waals surface area contributed by atoms with Crippen LogP contribution in [0.5, 0.6) is 5.75 Å². The first-order chi connectivity index (χ1) is 8.95. The van der Waals surface area contributed by atoms with Crippen LogP contribution in [-0.2, 0) is 0 Å². The molecular weight excluding hydrogens is 254 g/mol. The van der Waals surface area contributed by atoms with Gasteiger partial charge in [0.2, 0.25) is 0 Å². The number of ether oxygens (including phenoxy) is 1. The van der Waals surface area contributed by atoms with Crippen molar-refractivity contribution in [3.05, 3.63) is 51.2 Å². The topological polar surface area (TPSA) is 35.2 Å². The molecular formula is C16H21NOS. The van der Waals surface area contributed by atoms with Crippen LogP contribution in [0.25, 0.3) is 0 Å². The average Bonchev–Trinajstić information content (AvgIpc) is 2.70. The molecule has 1 heterocycles. The second-order valence-corrected chi connectivity index (χ2v) is 6.49. The Morgan fingerprint density at radius 2 is 1.68 bits per heavy atom. The molecule has 1 aromatic heterocycles. The molecule has 1 aromatic carbocycles. The van der Waals surface area contributed by atoms with Crippen LogP contribution in [0.4, 0.5) is 0 Å². The molecule has 2 rings (SSSR count). The van der Waals surface area contributed by atoms with E-state index in [1.165, 1.54) is 20.9 Å². The van der Waals surface area contributed by atoms with Crippen LogP contribution in [0.3, 0.4) is 0 Å². The summed E-state index contributed by atoms with van der Waals surface area (Å²) >= 11 is 1.75. The van der Waals surface area contributed by atoms with Gasteiger partial charge in [-0.3, -0.25) is 0 Å². The smallest absolute Gasteiger partial charge is 0.148 e. The van der Waals surface area contributed by atoms with Gasteiger partial charge >= 0.3 is 0 Å². The Kier molecular flexibility index (Phi) is 4.27. The summed E-state index contributed by atoms with van der Waals surface area (Å²) in [6, 6.07) is 10.4. The minimum absolute atomic E-state index is 0.0427. The van der Waals surface area contributed by atoms with E-state index >= 15 is 0 Å². The highest BCUT2D eigenvalue weighted by Gasteiger charge is 2.20. The van der Waals surface area contributed by atoms with E-state index < -0.39 is 0 Å². The van der Waals surface area contributed by atoms with E-state index in [1.54, 1.807) is 11.3 Å². The number of rotatable bonds is 4. The van der Waals surface area contributed by atoms with Crippen molar-refractivity contribution in [2.24, 2.45) is 5.73 Å². The molecule has 0 radical (unpaired) electrons. The fraction of sp³-hybridized carbons (Fsp3) is 0.375. The van der Waals surface area contributed by atoms with Crippen LogP contribution < -0.4 is 10.5 Å². The minimum Gasteiger partial charge on any atom is -0.483 e. The quantitative estimate of drug-likeness (QED) is 0.910. The van der Waals surface area contributed by atoms with Gasteiger partial charge in [0.25, 0.3) is 0 Å². The number of benzene rings is 1. The standard InChI is InChI=1S/C16H21NOS/c1-10-7-11(2)9-14(8-10)18-16(13(4)17)15-6-5-12(3)19-15/h5-9,13,16H,17H2,1-4H3. The summed E-state index contributed by atoms with van der Waals surface area (Å²) in [5, 5.41) is 0. The highest BCUT2D eigenvalue weighted by atomic mass is 32.1. The largest absolute Gasteiger partial charge is 0.483 e. The number of hydrogen-bond donors (Lipinski definition) is 1. The molecule has 0 aliphatic heterocycles. The lowest BCUT2D eigenvalue weighted by atomic mass is 10.1. The van der Waals surface area contributed by atoms with Crippen molar-refractivity contribution in [3.63, 3.8) is 0 Å². The lowest BCUT2D eigenvalue weighted by Crippen LogP contribution is -2.28. The molecule has 3 heteroatoms. The SMILES string of the molecule is Cc1cc(C)cc(OC(c2ccc(C)s2)C(C)N)c1. The predicted molar refractivity (Wildman–Crippen MR) is 82.0 cm³/mol. The van der Waals surface area contributed by atoms with Gasteiger partial charge in [-0.05, 0) is 63.1 Å². The van der Waals surface area contributed by atoms with E-state index in [9.17, 15) is 0 Å². The maximum atomic E-state index is 6.12. The minimum atomic E-state index is -0.0834. The molecule has 2 atom stereocenters. The Morgan fingerprint density at radius 3 is 2.16 bits per heavy atom. The van der Waals surface area contributed by atoms with Gasteiger partial charge in [-0.2, -0.15) is 0 Å². The molecule has 2 unspecified atom stereocenters. The highest BCUT2D eigenvalue weighted by molar-refractivity contribution is 7.12. The normalized spacial score (nSPS) is 14.2. The van der Waals surface area contributed by atoms with E-state index in [0.29, 0.717) is 0 Å². The van der Waals surface area contributed by atoms with E-state index in [4.69, 9.17) is 10.5 Å². The molecule has 0 bridgehead atoms. The molecule has 2 N–H and O–H groups in total. The second-order valence-electron chi connectivity index (χ2n) is 5.17. The van der Waals surface area contributed by atoms with Crippen LogP contribution in [0.1, 0.15) is 33.9 Å². The van der Waals surface area contributed by atoms with E-state index in [-0.39, 0.29) is 12.1 Å². The number of aryl methyl sites for hydroxylation is 3. The van der Waals surface area contributed by atoms with E-state index in [1.807, 2.05) is 6.92 Å². The van der Waals surface area contributed by atoms with Gasteiger partial charge in [0.15, 0.2) is 0 Å². The fourth-order valence-corrected chi connectivity index (χ4v) is 3.20. The zero-order chi connectivity index (χ0) is 14.0. The number of nitrogens with two attached hydrogens (primary N) is 1. The monoisotopic (exact) mass is 275 g/mol. The molecule has 0 amide bonds. The maximum absolute atomic E-state index is 6.12. The van der Waals surface area contributed by atoms with Crippen molar-refractivity contribution < 1.29 is 4.74 Å². The van der Waals surface area contributed by atoms with Crippen LogP contribution in [-0.4, -0.2) is 6.04 Å². The summed E-state index contributed by atoms with van der Waals surface area (Å²) in [6.07, 6.45) is -0.0834. The number of hydrogen-bond acceptors (Lipinski definition) is 3. The average molecular weight is 275 g/mol. The van der Waals surface area contributed by atoms with Crippen molar-refractivity contribution in [2.75, 3.05) is 0 Å². The van der Waals surface area contributed by atoms with Crippen molar-refractivity contribution in [1.82, 2.24) is 0 Å². The fourth-order valence-electron chi connectivity index (χ4n) is 2.18. The van der Waals surface area contributed by atoms with E-state index in [0.717, 1.165) is 5.75 Å². The zero-order valence-electron chi connectivity index (χ0n) is 11.9. The molecule has 0 saturated carbocycles. The van der Waals surface area contributed by atoms with Crippen molar-refractivity contribution >= 4 is 11.3 Å². The van der Waals surface area contributed by atoms with Crippen LogP contribution in [0, 0.1) is 20.8 Å². The summed E-state index contributed by atoms with van der Waals surface area (Å²) in [7, 11) is 0. The Bertz CT molecular complexity index is 539. The van der Waals surface area contributed by atoms with Gasteiger partial charge in [0.05, 0.1) is 0 Å². The van der Waals surface area contributed by atoms with Crippen LogP contribution >= 0.6 is 11.3 Å². The first kappa shape index (κ1) is 14.1. The summed E-state index contributed by atoms with van der Waals surface area (Å²) in [4.78, 5) is 2.47. The van der Waals surface area contributed by atoms with Crippen molar-refractivity contribution in [1.29, 1.82) is 0 Å². The Labute approximate surface area is 119 Å². The number of thiophene rings is 1. The van der Waals surface area contributed by atoms with Crippen molar-refractivity contribution in [3.8, 4) is 5.75 Å². The van der Waals surface area contributed by atoms with Gasteiger partial charge < -0.3 is 10.5 Å². The Balaban J connectivity index is 2.26. The Hall–Kier alpha value is -1.32. The molecule has 102 valence electrons. The molecule has 19 heavy (non-hydrogen) atoms. The molecule has 0 spiro atoms. The molecule has 0 saturated heterocycles. The predicted octanol–water partition coefficient (Wildman–Crippen LogP) is 4.14. The summed E-state index contributed by atoms with van der Waals surface area (Å²) in [5.41, 5.74) is 8.50. The zero-order valence-corrected chi connectivity index (χ0v) is 12.8. The highest BCUT2D eigenvalue weighted by Crippen LogP contribution is 2.30. The maximum Gasteiger partial charge on any atom is 0.148 e. The summed E-state index contributed by atoms with van der Waals surface area (Å²) < 4.78 is 6.12. The molecule has 0 aliphatic rings. The third-order valence-electron chi connectivity index (χ3n) is 2.98. The first-order valence-corrected chi connectivity index (χ1v) is 7.34. The van der Waals surface area contributed by atoms with Crippen LogP contribution in [0.2, 0.25) is 0 Å². The third kappa shape index (κ3) is 3.58. The van der Waals surface area contributed by atoms with E-state index in [2.05, 4.69) is 51.1 Å². The van der Waals surface area contributed by atoms with Crippen molar-refractivity contribution in [2.45, 2.75) is 39.8 Å². The second kappa shape index (κ2) is 5.76. The summed E-state index contributed by atoms with van der Waals surface area (Å²) in [5.74, 6) is 0.894. The lowest BCUT2D eigenvalue weighted by molar-refractivity contribution is 0.184. The van der Waals surface area contributed by atoms with Gasteiger partial charge in [0.1, 0.15) is 11.9 Å². The molecule has 0 aliphatic carbocycles. The molecule has 0 fully saturated rings. The van der Waals surface area contributed by atoms with Gasteiger partial charge in [-0.25, -0.2) is 0 Å². The van der Waals surface area contributed by atoms with Gasteiger partial charge in [0, 0.05) is 15.8 Å². The first-order valence-electron chi connectivity index (χ1n) is 6.52. The lowest BCUT2D eigenvalue weighted by Gasteiger charge is -2.22. The van der Waals surface area contributed by atoms with Gasteiger partial charge in [-0.15, -0.1) is 11.3 Å².